The maximum atomic E-state index is 13.6. The third-order valence-electron chi connectivity index (χ3n) is 6.32. The van der Waals surface area contributed by atoms with Crippen molar-refractivity contribution < 1.29 is 9.59 Å². The molecule has 0 saturated heterocycles. The zero-order valence-corrected chi connectivity index (χ0v) is 21.5. The standard InChI is InChI=1S/C26H36N8O2/c1-5-18(6-2)32-22(25(35)27-4)20(7-3)33-26(36)23-21(31-19-13-28-16-29-14-19)15-30-24(34-23)17-11-9-8-10-12-17/h7,13-18,31H,5-6,8-12H2,1-4H3,(H,27,35)(H,33,36). The number of aliphatic imine (C=N–C) groups is 1. The Labute approximate surface area is 212 Å². The Kier molecular flexibility index (Phi) is 10.0. The Hall–Kier alpha value is -3.69. The molecule has 2 amide bonds. The minimum Gasteiger partial charge on any atom is -0.354 e. The van der Waals surface area contributed by atoms with Crippen LogP contribution in [0.15, 0.2) is 41.7 Å². The van der Waals surface area contributed by atoms with E-state index in [1.807, 2.05) is 13.8 Å². The lowest BCUT2D eigenvalue weighted by atomic mass is 9.88. The molecule has 2 heterocycles. The second-order valence-corrected chi connectivity index (χ2v) is 8.76. The molecule has 36 heavy (non-hydrogen) atoms. The fraction of sp³-hybridized carbons (Fsp3) is 0.500. The highest BCUT2D eigenvalue weighted by molar-refractivity contribution is 6.45. The van der Waals surface area contributed by atoms with Crippen LogP contribution in [0.3, 0.4) is 0 Å². The number of hydrogen-bond acceptors (Lipinski definition) is 8. The highest BCUT2D eigenvalue weighted by Gasteiger charge is 2.25. The molecule has 3 N–H and O–H groups in total. The third kappa shape index (κ3) is 6.93. The van der Waals surface area contributed by atoms with Crippen molar-refractivity contribution in [3.05, 3.63) is 48.2 Å². The maximum absolute atomic E-state index is 13.6. The summed E-state index contributed by atoms with van der Waals surface area (Å²) >= 11 is 0. The molecule has 2 aromatic rings. The molecule has 0 aliphatic heterocycles. The summed E-state index contributed by atoms with van der Waals surface area (Å²) < 4.78 is 0. The number of rotatable bonds is 10. The smallest absolute Gasteiger partial charge is 0.276 e. The summed E-state index contributed by atoms with van der Waals surface area (Å²) in [5.41, 5.74) is 1.74. The van der Waals surface area contributed by atoms with Gasteiger partial charge >= 0.3 is 0 Å². The van der Waals surface area contributed by atoms with E-state index < -0.39 is 5.91 Å². The molecule has 1 aliphatic rings. The van der Waals surface area contributed by atoms with E-state index in [4.69, 9.17) is 4.98 Å². The van der Waals surface area contributed by atoms with Gasteiger partial charge in [-0.15, -0.1) is 0 Å². The van der Waals surface area contributed by atoms with Crippen LogP contribution in [-0.4, -0.2) is 50.6 Å². The van der Waals surface area contributed by atoms with Crippen molar-refractivity contribution in [2.45, 2.75) is 77.7 Å². The molecule has 1 saturated carbocycles. The minimum absolute atomic E-state index is 0.0311. The number of nitrogens with one attached hydrogen (secondary N) is 3. The monoisotopic (exact) mass is 492 g/mol. The summed E-state index contributed by atoms with van der Waals surface area (Å²) in [5, 5.41) is 8.65. The van der Waals surface area contributed by atoms with Gasteiger partial charge in [0.15, 0.2) is 5.69 Å². The lowest BCUT2D eigenvalue weighted by molar-refractivity contribution is -0.114. The number of carbonyl (C=O) groups is 2. The van der Waals surface area contributed by atoms with E-state index in [-0.39, 0.29) is 29.3 Å². The second-order valence-electron chi connectivity index (χ2n) is 8.76. The summed E-state index contributed by atoms with van der Waals surface area (Å²) in [7, 11) is 1.55. The van der Waals surface area contributed by atoms with Crippen LogP contribution in [0.4, 0.5) is 11.4 Å². The first-order chi connectivity index (χ1) is 17.5. The Morgan fingerprint density at radius 3 is 2.42 bits per heavy atom. The van der Waals surface area contributed by atoms with Crippen LogP contribution in [0.5, 0.6) is 0 Å². The zero-order chi connectivity index (χ0) is 25.9. The van der Waals surface area contributed by atoms with Crippen molar-refractivity contribution >= 4 is 28.9 Å². The molecule has 0 radical (unpaired) electrons. The van der Waals surface area contributed by atoms with Gasteiger partial charge in [0.1, 0.15) is 17.9 Å². The maximum Gasteiger partial charge on any atom is 0.276 e. The van der Waals surface area contributed by atoms with E-state index in [1.54, 1.807) is 38.6 Å². The molecule has 2 aromatic heterocycles. The number of allylic oxidation sites excluding steroid dienone is 1. The molecule has 0 bridgehead atoms. The van der Waals surface area contributed by atoms with Gasteiger partial charge in [-0.05, 0) is 32.6 Å². The SMILES string of the molecule is CC=C(NC(=O)c1nc(C2CCCCC2)ncc1Nc1cncnc1)C(=NC(CC)CC)C(=O)NC. The first kappa shape index (κ1) is 26.9. The van der Waals surface area contributed by atoms with Crippen molar-refractivity contribution in [1.29, 1.82) is 0 Å². The minimum atomic E-state index is -0.456. The summed E-state index contributed by atoms with van der Waals surface area (Å²) in [5.74, 6) is 0.0659. The van der Waals surface area contributed by atoms with E-state index in [9.17, 15) is 9.59 Å². The molecule has 3 rings (SSSR count). The van der Waals surface area contributed by atoms with Crippen molar-refractivity contribution in [2.75, 3.05) is 12.4 Å². The predicted molar refractivity (Wildman–Crippen MR) is 140 cm³/mol. The fourth-order valence-corrected chi connectivity index (χ4v) is 4.21. The Balaban J connectivity index is 1.97. The van der Waals surface area contributed by atoms with Gasteiger partial charge in [-0.2, -0.15) is 0 Å². The van der Waals surface area contributed by atoms with Crippen LogP contribution in [0.25, 0.3) is 0 Å². The van der Waals surface area contributed by atoms with Gasteiger partial charge in [-0.25, -0.2) is 19.9 Å². The number of nitrogens with zero attached hydrogens (tertiary/aromatic N) is 5. The molecule has 192 valence electrons. The van der Waals surface area contributed by atoms with Gasteiger partial charge in [0.2, 0.25) is 0 Å². The fourth-order valence-electron chi connectivity index (χ4n) is 4.21. The Morgan fingerprint density at radius 2 is 1.81 bits per heavy atom. The zero-order valence-electron chi connectivity index (χ0n) is 21.5. The highest BCUT2D eigenvalue weighted by atomic mass is 16.2. The molecular formula is C26H36N8O2. The quantitative estimate of drug-likeness (QED) is 0.426. The molecule has 10 nitrogen and oxygen atoms in total. The van der Waals surface area contributed by atoms with Gasteiger partial charge in [0.05, 0.1) is 41.7 Å². The van der Waals surface area contributed by atoms with E-state index in [2.05, 4.69) is 35.9 Å². The normalized spacial score (nSPS) is 15.0. The van der Waals surface area contributed by atoms with Crippen LogP contribution < -0.4 is 16.0 Å². The average Bonchev–Trinajstić information content (AvgIpc) is 2.93. The topological polar surface area (TPSA) is 134 Å². The van der Waals surface area contributed by atoms with Crippen molar-refractivity contribution in [1.82, 2.24) is 30.6 Å². The van der Waals surface area contributed by atoms with E-state index in [0.29, 0.717) is 22.9 Å². The Morgan fingerprint density at radius 1 is 1.11 bits per heavy atom. The lowest BCUT2D eigenvalue weighted by Crippen LogP contribution is -2.37. The van der Waals surface area contributed by atoms with Crippen LogP contribution in [-0.2, 0) is 4.79 Å². The van der Waals surface area contributed by atoms with Gasteiger partial charge in [-0.1, -0.05) is 39.2 Å². The first-order valence-corrected chi connectivity index (χ1v) is 12.7. The predicted octanol–water partition coefficient (Wildman–Crippen LogP) is 4.07. The number of anilines is 2. The van der Waals surface area contributed by atoms with E-state index in [1.165, 1.54) is 12.7 Å². The molecule has 0 atom stereocenters. The van der Waals surface area contributed by atoms with Crippen LogP contribution >= 0.6 is 0 Å². The molecule has 10 heteroatoms. The lowest BCUT2D eigenvalue weighted by Gasteiger charge is -2.21. The van der Waals surface area contributed by atoms with E-state index >= 15 is 0 Å². The highest BCUT2D eigenvalue weighted by Crippen LogP contribution is 2.31. The molecular weight excluding hydrogens is 456 g/mol. The molecule has 0 unspecified atom stereocenters. The second kappa shape index (κ2) is 13.4. The summed E-state index contributed by atoms with van der Waals surface area (Å²) in [6.45, 7) is 5.80. The number of aromatic nitrogens is 4. The number of amides is 2. The van der Waals surface area contributed by atoms with Gasteiger partial charge in [0, 0.05) is 13.0 Å². The molecule has 1 aliphatic carbocycles. The summed E-state index contributed by atoms with van der Waals surface area (Å²) in [4.78, 5) is 48.2. The van der Waals surface area contributed by atoms with Crippen LogP contribution in [0, 0.1) is 0 Å². The average molecular weight is 493 g/mol. The number of hydrogen-bond donors (Lipinski definition) is 3. The number of carbonyl (C=O) groups excluding carboxylic acids is 2. The summed E-state index contributed by atoms with van der Waals surface area (Å²) in [6.07, 6.45) is 15.0. The summed E-state index contributed by atoms with van der Waals surface area (Å²) in [6, 6.07) is -0.0311. The molecule has 0 aromatic carbocycles. The first-order valence-electron chi connectivity index (χ1n) is 12.7. The van der Waals surface area contributed by atoms with E-state index in [0.717, 1.165) is 38.5 Å². The van der Waals surface area contributed by atoms with Crippen LogP contribution in [0.2, 0.25) is 0 Å². The molecule has 0 spiro atoms. The van der Waals surface area contributed by atoms with Crippen LogP contribution in [0.1, 0.15) is 87.9 Å². The van der Waals surface area contributed by atoms with Crippen molar-refractivity contribution in [2.24, 2.45) is 4.99 Å². The van der Waals surface area contributed by atoms with Crippen molar-refractivity contribution in [3.63, 3.8) is 0 Å². The van der Waals surface area contributed by atoms with Gasteiger partial charge in [-0.3, -0.25) is 14.6 Å². The third-order valence-corrected chi connectivity index (χ3v) is 6.32. The van der Waals surface area contributed by atoms with Crippen molar-refractivity contribution in [3.8, 4) is 0 Å². The van der Waals surface area contributed by atoms with Gasteiger partial charge < -0.3 is 16.0 Å². The molecule has 1 fully saturated rings. The van der Waals surface area contributed by atoms with Gasteiger partial charge in [0.25, 0.3) is 11.8 Å². The Bertz CT molecular complexity index is 1090. The largest absolute Gasteiger partial charge is 0.354 e.